The first-order chi connectivity index (χ1) is 10.8. The maximum Gasteiger partial charge on any atom is 1.00 e. The van der Waals surface area contributed by atoms with Crippen LogP contribution >= 0.6 is 19.8 Å². The molecule has 1 aromatic heterocycles. The Morgan fingerprint density at radius 3 is 2.33 bits per heavy atom. The zero-order valence-corrected chi connectivity index (χ0v) is 16.8. The number of nitrogens with zero attached hydrogens (tertiary/aromatic N) is 2. The molecule has 0 fully saturated rings. The first kappa shape index (κ1) is 23.7. The summed E-state index contributed by atoms with van der Waals surface area (Å²) < 4.78 is 25.5. The predicted molar refractivity (Wildman–Crippen MR) is 94.9 cm³/mol. The van der Waals surface area contributed by atoms with E-state index in [1.54, 1.807) is 18.4 Å². The average molecular weight is 385 g/mol. The van der Waals surface area contributed by atoms with E-state index in [9.17, 15) is 9.36 Å². The largest absolute Gasteiger partial charge is 1.00 e. The van der Waals surface area contributed by atoms with Gasteiger partial charge in [0, 0.05) is 12.3 Å². The summed E-state index contributed by atoms with van der Waals surface area (Å²) in [7, 11) is -3.59. The van der Waals surface area contributed by atoms with Crippen molar-refractivity contribution in [2.45, 2.75) is 44.0 Å². The summed E-state index contributed by atoms with van der Waals surface area (Å²) in [5, 5.41) is 0.0742. The second kappa shape index (κ2) is 10.7. The number of nitrogens with two attached hydrogens (primary N) is 1. The van der Waals surface area contributed by atoms with Gasteiger partial charge in [-0.3, -0.25) is 9.36 Å². The smallest absolute Gasteiger partial charge is 0.742 e. The minimum Gasteiger partial charge on any atom is -0.742 e. The van der Waals surface area contributed by atoms with Crippen molar-refractivity contribution in [3.63, 3.8) is 0 Å². The van der Waals surface area contributed by atoms with E-state index < -0.39 is 24.9 Å². The Morgan fingerprint density at radius 2 is 1.96 bits per heavy atom. The number of thiocarbonyl (C=S) groups is 1. The molecular weight excluding hydrogens is 364 g/mol. The van der Waals surface area contributed by atoms with Crippen LogP contribution in [0.1, 0.15) is 33.2 Å². The van der Waals surface area contributed by atoms with Crippen LogP contribution in [0.15, 0.2) is 22.2 Å². The first-order valence-electron chi connectivity index (χ1n) is 7.25. The molecule has 130 valence electrons. The van der Waals surface area contributed by atoms with Crippen molar-refractivity contribution in [2.75, 3.05) is 13.2 Å². The van der Waals surface area contributed by atoms with Gasteiger partial charge in [0.25, 0.3) is 5.56 Å². The molecule has 0 aliphatic rings. The molecule has 2 unspecified atom stereocenters. The van der Waals surface area contributed by atoms with Gasteiger partial charge >= 0.3 is 26.5 Å². The quantitative estimate of drug-likeness (QED) is 0.191. The van der Waals surface area contributed by atoms with E-state index in [4.69, 9.17) is 39.6 Å². The Bertz CT molecular complexity index is 648. The van der Waals surface area contributed by atoms with Crippen LogP contribution in [0.25, 0.3) is 0 Å². The third-order valence-corrected chi connectivity index (χ3v) is 6.47. The van der Waals surface area contributed by atoms with Crippen molar-refractivity contribution in [2.24, 2.45) is 5.73 Å². The van der Waals surface area contributed by atoms with Gasteiger partial charge in [0.05, 0.1) is 24.2 Å². The van der Waals surface area contributed by atoms with Crippen molar-refractivity contribution in [1.29, 1.82) is 0 Å². The Morgan fingerprint density at radius 1 is 1.42 bits per heavy atom. The standard InChI is InChI=1S/C13H22N3O4PS2.Li/c1-4-9(16-8-7-10(17)15-13(16)23)11(12(14)22)21(18,19-5-2)20-6-3;/h7-9,11H,4-6H2,1-3H3,(H2,14,22)(H,15,17,23);/q;+1/p-1. The molecule has 7 nitrogen and oxygen atoms in total. The Hall–Kier alpha value is -0.263. The topological polar surface area (TPSA) is 96.4 Å². The van der Waals surface area contributed by atoms with Crippen LogP contribution in [0.3, 0.4) is 0 Å². The zero-order chi connectivity index (χ0) is 17.6. The van der Waals surface area contributed by atoms with Crippen molar-refractivity contribution in [1.82, 2.24) is 9.55 Å². The third-order valence-electron chi connectivity index (χ3n) is 3.19. The van der Waals surface area contributed by atoms with Gasteiger partial charge in [-0.05, 0) is 25.4 Å². The van der Waals surface area contributed by atoms with Gasteiger partial charge in [-0.2, -0.15) is 0 Å². The minimum atomic E-state index is -3.59. The molecular formula is C13H21LiN3O4PS2. The Kier molecular flexibility index (Phi) is 10.5. The van der Waals surface area contributed by atoms with Crippen LogP contribution in [0.2, 0.25) is 0 Å². The second-order valence-electron chi connectivity index (χ2n) is 4.65. The van der Waals surface area contributed by atoms with Crippen molar-refractivity contribution in [3.05, 3.63) is 22.6 Å². The molecule has 2 atom stereocenters. The van der Waals surface area contributed by atoms with Crippen LogP contribution < -0.4 is 30.2 Å². The van der Waals surface area contributed by atoms with E-state index in [-0.39, 0.29) is 42.2 Å². The van der Waals surface area contributed by atoms with E-state index in [0.29, 0.717) is 6.42 Å². The summed E-state index contributed by atoms with van der Waals surface area (Å²) in [4.78, 5) is 15.0. The van der Waals surface area contributed by atoms with E-state index >= 15 is 0 Å². The van der Waals surface area contributed by atoms with E-state index in [1.165, 1.54) is 12.3 Å². The number of hydrogen-bond donors (Lipinski definition) is 1. The number of rotatable bonds is 9. The maximum atomic E-state index is 13.2. The van der Waals surface area contributed by atoms with Gasteiger partial charge < -0.3 is 32.0 Å². The van der Waals surface area contributed by atoms with Crippen LogP contribution in [0.4, 0.5) is 0 Å². The Balaban J connectivity index is 0.00000529. The summed E-state index contributed by atoms with van der Waals surface area (Å²) >= 11 is 10.3. The maximum absolute atomic E-state index is 13.2. The molecule has 0 saturated heterocycles. The van der Waals surface area contributed by atoms with Gasteiger partial charge in [-0.15, -0.1) is 0 Å². The summed E-state index contributed by atoms with van der Waals surface area (Å²) in [5.74, 6) is 0. The molecule has 0 aliphatic carbocycles. The van der Waals surface area contributed by atoms with Gasteiger partial charge in [0.2, 0.25) is 0 Å². The van der Waals surface area contributed by atoms with Crippen molar-refractivity contribution >= 4 is 37.4 Å². The molecule has 1 aromatic rings. The first-order valence-corrected chi connectivity index (χ1v) is 9.67. The van der Waals surface area contributed by atoms with Gasteiger partial charge in [-0.1, -0.05) is 19.1 Å². The van der Waals surface area contributed by atoms with Gasteiger partial charge in [-0.25, -0.2) is 4.98 Å². The number of aromatic nitrogens is 2. The molecule has 0 spiro atoms. The second-order valence-corrected chi connectivity index (χ2v) is 7.64. The fourth-order valence-electron chi connectivity index (χ4n) is 2.34. The summed E-state index contributed by atoms with van der Waals surface area (Å²) in [5.41, 5.74) is 4.54. The van der Waals surface area contributed by atoms with Crippen LogP contribution in [0.5, 0.6) is 0 Å². The summed E-state index contributed by atoms with van der Waals surface area (Å²) in [6.07, 6.45) is 2.00. The van der Waals surface area contributed by atoms with E-state index in [2.05, 4.69) is 4.98 Å². The fraction of sp³-hybridized carbons (Fsp3) is 0.615. The summed E-state index contributed by atoms with van der Waals surface area (Å²) in [6.45, 7) is 5.67. The molecule has 2 N–H and O–H groups in total. The van der Waals surface area contributed by atoms with Gasteiger partial charge in [0.1, 0.15) is 5.66 Å². The Labute approximate surface area is 164 Å². The van der Waals surface area contributed by atoms with Crippen LogP contribution in [-0.4, -0.2) is 33.4 Å². The van der Waals surface area contributed by atoms with E-state index in [0.717, 1.165) is 0 Å². The molecule has 1 rings (SSSR count). The molecule has 11 heteroatoms. The molecule has 1 heterocycles. The molecule has 0 aliphatic heterocycles. The monoisotopic (exact) mass is 385 g/mol. The molecule has 0 bridgehead atoms. The molecule has 0 saturated carbocycles. The van der Waals surface area contributed by atoms with Crippen molar-refractivity contribution < 1.29 is 32.5 Å². The van der Waals surface area contributed by atoms with Crippen LogP contribution in [-0.2, 0) is 26.2 Å². The fourth-order valence-corrected chi connectivity index (χ4v) is 5.37. The SMILES string of the molecule is CCOP(=O)(OCC)C(C(N)=S)C(CC)n1ccc(=O)nc1[S-].[Li+]. The van der Waals surface area contributed by atoms with Gasteiger partial charge in [0.15, 0.2) is 0 Å². The molecule has 24 heavy (non-hydrogen) atoms. The normalized spacial score (nSPS) is 13.8. The molecule has 0 amide bonds. The predicted octanol–water partition coefficient (Wildman–Crippen LogP) is -0.975. The minimum absolute atomic E-state index is 0. The average Bonchev–Trinajstić information content (AvgIpc) is 2.45. The van der Waals surface area contributed by atoms with E-state index in [1.807, 2.05) is 6.92 Å². The summed E-state index contributed by atoms with van der Waals surface area (Å²) in [6, 6.07) is 0.790. The molecule has 0 radical (unpaired) electrons. The number of hydrogen-bond acceptors (Lipinski definition) is 7. The van der Waals surface area contributed by atoms with Crippen LogP contribution in [0, 0.1) is 0 Å². The zero-order valence-electron chi connectivity index (χ0n) is 14.3. The third kappa shape index (κ3) is 5.63. The van der Waals surface area contributed by atoms with Crippen molar-refractivity contribution in [3.8, 4) is 0 Å². The molecule has 0 aromatic carbocycles.